The quantitative estimate of drug-likeness (QED) is 0.134. The third kappa shape index (κ3) is 6.88. The fourth-order valence-corrected chi connectivity index (χ4v) is 12.1. The maximum Gasteiger partial charge on any atom is 0.397 e. The number of ether oxygens (including phenoxy) is 2. The summed E-state index contributed by atoms with van der Waals surface area (Å²) >= 11 is 0. The first-order chi connectivity index (χ1) is 22.3. The van der Waals surface area contributed by atoms with Crippen LogP contribution in [0.2, 0.25) is 0 Å². The van der Waals surface area contributed by atoms with Gasteiger partial charge in [0.05, 0.1) is 43.2 Å². The number of rotatable bonds is 12. The van der Waals surface area contributed by atoms with Crippen LogP contribution in [0.4, 0.5) is 0 Å². The highest BCUT2D eigenvalue weighted by Crippen LogP contribution is 2.69. The zero-order chi connectivity index (χ0) is 35.6. The second kappa shape index (κ2) is 14.1. The van der Waals surface area contributed by atoms with Crippen LogP contribution in [-0.2, 0) is 24.1 Å². The molecule has 1 heterocycles. The van der Waals surface area contributed by atoms with Crippen molar-refractivity contribution in [2.45, 2.75) is 147 Å². The predicted molar refractivity (Wildman–Crippen MR) is 172 cm³/mol. The summed E-state index contributed by atoms with van der Waals surface area (Å²) in [7, 11) is -4.89. The molecule has 0 spiro atoms. The third-order valence-electron chi connectivity index (χ3n) is 13.9. The molecule has 280 valence electrons. The summed E-state index contributed by atoms with van der Waals surface area (Å²) < 4.78 is 47.1. The first-order valence-corrected chi connectivity index (χ1v) is 19.3. The standard InChI is InChI=1S/C34H60O13S/c1-17(2)19(10-13-45-31-28(40)29(23(16-35)46-31)47-48(42,43)44)7-6-18(3)25-26(38)27(39)30-33(25,5)12-9-24-32(4)11-8-20(36)14-21(32)22(37)15-34(24,30)41/h17-31,35-41H,6-16H2,1-5H3,(H,42,43,44). The smallest absolute Gasteiger partial charge is 0.394 e. The van der Waals surface area contributed by atoms with E-state index in [-0.39, 0.29) is 54.0 Å². The van der Waals surface area contributed by atoms with Gasteiger partial charge in [0.15, 0.2) is 6.29 Å². The normalized spacial score (nSPS) is 49.0. The van der Waals surface area contributed by atoms with Gasteiger partial charge < -0.3 is 45.2 Å². The Morgan fingerprint density at radius 1 is 0.917 bits per heavy atom. The molecule has 0 amide bonds. The number of fused-ring (bicyclic) bond motifs is 5. The molecule has 17 unspecified atom stereocenters. The molecule has 0 aromatic carbocycles. The zero-order valence-electron chi connectivity index (χ0n) is 29.0. The molecule has 5 rings (SSSR count). The highest BCUT2D eigenvalue weighted by molar-refractivity contribution is 7.80. The molecule has 0 radical (unpaired) electrons. The van der Waals surface area contributed by atoms with Gasteiger partial charge in [0.25, 0.3) is 0 Å². The largest absolute Gasteiger partial charge is 0.397 e. The van der Waals surface area contributed by atoms with Crippen molar-refractivity contribution in [1.29, 1.82) is 0 Å². The average molecular weight is 709 g/mol. The van der Waals surface area contributed by atoms with E-state index in [1.165, 1.54) is 0 Å². The van der Waals surface area contributed by atoms with Gasteiger partial charge in [-0.25, -0.2) is 4.18 Å². The van der Waals surface area contributed by atoms with Crippen LogP contribution < -0.4 is 0 Å². The van der Waals surface area contributed by atoms with Gasteiger partial charge in [0, 0.05) is 12.3 Å². The molecule has 4 saturated carbocycles. The fourth-order valence-electron chi connectivity index (χ4n) is 11.6. The average Bonchev–Trinajstić information content (AvgIpc) is 3.38. The Morgan fingerprint density at radius 2 is 1.58 bits per heavy atom. The van der Waals surface area contributed by atoms with Crippen molar-refractivity contribution in [2.24, 2.45) is 52.3 Å². The lowest BCUT2D eigenvalue weighted by atomic mass is 9.42. The highest BCUT2D eigenvalue weighted by Gasteiger charge is 2.72. The SMILES string of the molecule is CC(C)C(CCOC1OC(CO)C(OS(=O)(=O)O)C1O)CCC(C)C1C(O)C(O)C2C1(C)CCC1C3(C)CCC(O)CC3C(O)CC12O. The highest BCUT2D eigenvalue weighted by atomic mass is 32.3. The van der Waals surface area contributed by atoms with Crippen LogP contribution in [0.1, 0.15) is 92.4 Å². The molecule has 1 aliphatic heterocycles. The first kappa shape index (κ1) is 38.7. The molecular formula is C34H60O13S. The Balaban J connectivity index is 1.23. The maximum absolute atomic E-state index is 12.6. The van der Waals surface area contributed by atoms with E-state index >= 15 is 0 Å². The van der Waals surface area contributed by atoms with E-state index in [9.17, 15) is 44.2 Å². The molecule has 1 saturated heterocycles. The molecular weight excluding hydrogens is 648 g/mol. The number of hydrogen-bond donors (Lipinski definition) is 8. The summed E-state index contributed by atoms with van der Waals surface area (Å²) in [6.45, 7) is 10.1. The van der Waals surface area contributed by atoms with E-state index in [0.717, 1.165) is 25.7 Å². The Hall–Kier alpha value is -0.490. The Bertz CT molecular complexity index is 1220. The minimum absolute atomic E-state index is 0.0114. The summed E-state index contributed by atoms with van der Waals surface area (Å²) in [5.41, 5.74) is -2.24. The van der Waals surface area contributed by atoms with Crippen LogP contribution in [0.5, 0.6) is 0 Å². The van der Waals surface area contributed by atoms with Gasteiger partial charge in [0.1, 0.15) is 18.3 Å². The van der Waals surface area contributed by atoms with Crippen LogP contribution in [0.25, 0.3) is 0 Å². The van der Waals surface area contributed by atoms with E-state index < -0.39 is 83.0 Å². The number of hydrogen-bond acceptors (Lipinski definition) is 12. The monoisotopic (exact) mass is 708 g/mol. The summed E-state index contributed by atoms with van der Waals surface area (Å²) in [5.74, 6) is -0.650. The molecule has 5 fully saturated rings. The lowest BCUT2D eigenvalue weighted by Crippen LogP contribution is -2.68. The van der Waals surface area contributed by atoms with Crippen LogP contribution in [-0.4, -0.2) is 117 Å². The molecule has 48 heavy (non-hydrogen) atoms. The third-order valence-corrected chi connectivity index (χ3v) is 14.3. The van der Waals surface area contributed by atoms with Crippen molar-refractivity contribution in [1.82, 2.24) is 0 Å². The van der Waals surface area contributed by atoms with Crippen LogP contribution in [0.15, 0.2) is 0 Å². The van der Waals surface area contributed by atoms with Gasteiger partial charge in [-0.15, -0.1) is 0 Å². The van der Waals surface area contributed by atoms with Gasteiger partial charge in [-0.3, -0.25) is 4.55 Å². The van der Waals surface area contributed by atoms with E-state index in [0.29, 0.717) is 25.7 Å². The second-order valence-electron chi connectivity index (χ2n) is 16.8. The van der Waals surface area contributed by atoms with E-state index in [1.54, 1.807) is 0 Å². The van der Waals surface area contributed by atoms with Gasteiger partial charge in [0.2, 0.25) is 0 Å². The summed E-state index contributed by atoms with van der Waals surface area (Å²) in [6, 6.07) is 0. The molecule has 0 bridgehead atoms. The van der Waals surface area contributed by atoms with E-state index in [2.05, 4.69) is 38.8 Å². The number of aliphatic hydroxyl groups is 7. The molecule has 0 aromatic rings. The molecule has 5 aliphatic rings. The van der Waals surface area contributed by atoms with Gasteiger partial charge in [-0.1, -0.05) is 41.0 Å². The van der Waals surface area contributed by atoms with Crippen LogP contribution >= 0.6 is 0 Å². The van der Waals surface area contributed by atoms with Gasteiger partial charge in [-0.2, -0.15) is 8.42 Å². The minimum Gasteiger partial charge on any atom is -0.394 e. The van der Waals surface area contributed by atoms with Crippen molar-refractivity contribution in [2.75, 3.05) is 13.2 Å². The van der Waals surface area contributed by atoms with E-state index in [4.69, 9.17) is 14.0 Å². The zero-order valence-corrected chi connectivity index (χ0v) is 29.8. The molecule has 14 heteroatoms. The Morgan fingerprint density at radius 3 is 2.21 bits per heavy atom. The van der Waals surface area contributed by atoms with Crippen molar-refractivity contribution in [3.63, 3.8) is 0 Å². The van der Waals surface area contributed by atoms with Crippen LogP contribution in [0.3, 0.4) is 0 Å². The molecule has 17 atom stereocenters. The Labute approximate surface area is 284 Å². The predicted octanol–water partition coefficient (Wildman–Crippen LogP) is 1.39. The molecule has 4 aliphatic carbocycles. The lowest BCUT2D eigenvalue weighted by Gasteiger charge is -2.65. The molecule has 13 nitrogen and oxygen atoms in total. The van der Waals surface area contributed by atoms with Gasteiger partial charge in [-0.05, 0) is 91.3 Å². The summed E-state index contributed by atoms with van der Waals surface area (Å²) in [4.78, 5) is 0. The molecule has 0 aromatic heterocycles. The van der Waals surface area contributed by atoms with Crippen molar-refractivity contribution >= 4 is 10.4 Å². The topological polar surface area (TPSA) is 224 Å². The van der Waals surface area contributed by atoms with E-state index in [1.807, 2.05) is 0 Å². The number of aliphatic hydroxyl groups excluding tert-OH is 6. The summed E-state index contributed by atoms with van der Waals surface area (Å²) in [5, 5.41) is 77.6. The van der Waals surface area contributed by atoms with Crippen molar-refractivity contribution < 1.29 is 62.4 Å². The van der Waals surface area contributed by atoms with Gasteiger partial charge >= 0.3 is 10.4 Å². The minimum atomic E-state index is -4.89. The van der Waals surface area contributed by atoms with Crippen LogP contribution in [0, 0.1) is 52.3 Å². The fraction of sp³-hybridized carbons (Fsp3) is 1.00. The van der Waals surface area contributed by atoms with Crippen molar-refractivity contribution in [3.05, 3.63) is 0 Å². The van der Waals surface area contributed by atoms with Crippen molar-refractivity contribution in [3.8, 4) is 0 Å². The molecule has 8 N–H and O–H groups in total. The second-order valence-corrected chi connectivity index (χ2v) is 17.9. The lowest BCUT2D eigenvalue weighted by molar-refractivity contribution is -0.264. The Kier molecular flexibility index (Phi) is 11.4. The maximum atomic E-state index is 12.6. The summed E-state index contributed by atoms with van der Waals surface area (Å²) in [6.07, 6.45) is -3.31. The first-order valence-electron chi connectivity index (χ1n) is 17.9.